The van der Waals surface area contributed by atoms with E-state index >= 15 is 0 Å². The van der Waals surface area contributed by atoms with Crippen LogP contribution in [0.5, 0.6) is 0 Å². The fourth-order valence-corrected chi connectivity index (χ4v) is 2.36. The van der Waals surface area contributed by atoms with Crippen molar-refractivity contribution in [2.75, 3.05) is 0 Å². The van der Waals surface area contributed by atoms with Gasteiger partial charge in [-0.2, -0.15) is 0 Å². The van der Waals surface area contributed by atoms with Crippen molar-refractivity contribution in [1.82, 2.24) is 15.4 Å². The normalized spacial score (nSPS) is 10.9. The molecule has 2 aromatic heterocycles. The van der Waals surface area contributed by atoms with Crippen molar-refractivity contribution in [3.63, 3.8) is 0 Å². The van der Waals surface area contributed by atoms with E-state index in [1.807, 2.05) is 5.43 Å². The second kappa shape index (κ2) is 5.36. The van der Waals surface area contributed by atoms with Crippen LogP contribution >= 0.6 is 11.6 Å². The van der Waals surface area contributed by atoms with E-state index in [9.17, 15) is 13.6 Å². The molecular weight excluding hydrogens is 314 g/mol. The SMILES string of the molecule is NNC(=O)c1c(-c2ccc(Cl)cn2)[nH]c2c(F)cc(F)cc12. The summed E-state index contributed by atoms with van der Waals surface area (Å²) in [6.45, 7) is 0. The van der Waals surface area contributed by atoms with Crippen molar-refractivity contribution in [3.8, 4) is 11.4 Å². The molecule has 112 valence electrons. The molecule has 2 heterocycles. The van der Waals surface area contributed by atoms with Gasteiger partial charge in [-0.05, 0) is 18.2 Å². The second-order valence-electron chi connectivity index (χ2n) is 4.52. The summed E-state index contributed by atoms with van der Waals surface area (Å²) in [5.41, 5.74) is 2.53. The summed E-state index contributed by atoms with van der Waals surface area (Å²) in [5.74, 6) is 2.85. The van der Waals surface area contributed by atoms with Crippen LogP contribution in [0.1, 0.15) is 10.4 Å². The Kier molecular flexibility index (Phi) is 3.51. The molecule has 5 nitrogen and oxygen atoms in total. The van der Waals surface area contributed by atoms with Gasteiger partial charge in [-0.25, -0.2) is 14.6 Å². The van der Waals surface area contributed by atoms with Crippen LogP contribution in [0.3, 0.4) is 0 Å². The fraction of sp³-hybridized carbons (Fsp3) is 0. The van der Waals surface area contributed by atoms with Crippen LogP contribution in [-0.2, 0) is 0 Å². The van der Waals surface area contributed by atoms with Gasteiger partial charge in [-0.1, -0.05) is 11.6 Å². The number of nitrogens with zero attached hydrogens (tertiary/aromatic N) is 1. The van der Waals surface area contributed by atoms with Crippen LogP contribution in [0.4, 0.5) is 8.78 Å². The van der Waals surface area contributed by atoms with Crippen LogP contribution in [0.25, 0.3) is 22.3 Å². The first-order chi connectivity index (χ1) is 10.5. The molecule has 4 N–H and O–H groups in total. The number of carbonyl (C=O) groups excluding carboxylic acids is 1. The van der Waals surface area contributed by atoms with Gasteiger partial charge in [0.25, 0.3) is 5.91 Å². The minimum absolute atomic E-state index is 0.00530. The van der Waals surface area contributed by atoms with Crippen LogP contribution in [0.2, 0.25) is 5.02 Å². The minimum atomic E-state index is -0.818. The Bertz CT molecular complexity index is 877. The van der Waals surface area contributed by atoms with E-state index in [1.165, 1.54) is 6.20 Å². The average Bonchev–Trinajstić information content (AvgIpc) is 2.87. The molecule has 0 spiro atoms. The molecule has 0 atom stereocenters. The summed E-state index contributed by atoms with van der Waals surface area (Å²) in [5, 5.41) is 0.481. The molecule has 0 saturated carbocycles. The number of nitrogen functional groups attached to an aromatic ring is 1. The van der Waals surface area contributed by atoms with E-state index in [0.717, 1.165) is 12.1 Å². The second-order valence-corrected chi connectivity index (χ2v) is 4.96. The maximum Gasteiger partial charge on any atom is 0.268 e. The Balaban J connectivity index is 2.36. The topological polar surface area (TPSA) is 83.8 Å². The lowest BCUT2D eigenvalue weighted by Gasteiger charge is -2.03. The van der Waals surface area contributed by atoms with Gasteiger partial charge in [0.1, 0.15) is 11.6 Å². The fourth-order valence-electron chi connectivity index (χ4n) is 2.24. The Morgan fingerprint density at radius 2 is 2.09 bits per heavy atom. The van der Waals surface area contributed by atoms with Gasteiger partial charge in [0.2, 0.25) is 0 Å². The third-order valence-electron chi connectivity index (χ3n) is 3.17. The van der Waals surface area contributed by atoms with E-state index in [-0.39, 0.29) is 22.2 Å². The number of benzene rings is 1. The molecule has 1 amide bonds. The van der Waals surface area contributed by atoms with Crippen molar-refractivity contribution in [3.05, 3.63) is 52.7 Å². The highest BCUT2D eigenvalue weighted by Crippen LogP contribution is 2.31. The van der Waals surface area contributed by atoms with Crippen molar-refractivity contribution < 1.29 is 13.6 Å². The Morgan fingerprint density at radius 1 is 1.32 bits per heavy atom. The molecule has 3 aromatic rings. The van der Waals surface area contributed by atoms with Gasteiger partial charge in [0, 0.05) is 17.6 Å². The third kappa shape index (κ3) is 2.30. The largest absolute Gasteiger partial charge is 0.350 e. The van der Waals surface area contributed by atoms with Gasteiger partial charge >= 0.3 is 0 Å². The standard InChI is InChI=1S/C14H9ClF2N4O/c15-6-1-2-10(19-5-6)13-11(14(22)21-18)8-3-7(16)4-9(17)12(8)20-13/h1-5,20H,18H2,(H,21,22). The van der Waals surface area contributed by atoms with Gasteiger partial charge in [-0.3, -0.25) is 15.2 Å². The number of amides is 1. The molecule has 1 aromatic carbocycles. The lowest BCUT2D eigenvalue weighted by Crippen LogP contribution is -2.30. The number of nitrogens with two attached hydrogens (primary N) is 1. The average molecular weight is 323 g/mol. The first kappa shape index (κ1) is 14.4. The highest BCUT2D eigenvalue weighted by Gasteiger charge is 2.22. The Morgan fingerprint density at radius 3 is 2.73 bits per heavy atom. The van der Waals surface area contributed by atoms with Crippen LogP contribution < -0.4 is 11.3 Å². The zero-order valence-corrected chi connectivity index (χ0v) is 11.7. The summed E-state index contributed by atoms with van der Waals surface area (Å²) in [4.78, 5) is 18.8. The monoisotopic (exact) mass is 322 g/mol. The smallest absolute Gasteiger partial charge is 0.268 e. The van der Waals surface area contributed by atoms with Gasteiger partial charge < -0.3 is 4.98 Å². The van der Waals surface area contributed by atoms with Crippen molar-refractivity contribution in [1.29, 1.82) is 0 Å². The molecule has 0 aliphatic rings. The summed E-state index contributed by atoms with van der Waals surface area (Å²) in [6, 6.07) is 4.89. The molecule has 3 rings (SSSR count). The minimum Gasteiger partial charge on any atom is -0.350 e. The van der Waals surface area contributed by atoms with Crippen LogP contribution in [0, 0.1) is 11.6 Å². The Hall–Kier alpha value is -2.51. The molecule has 8 heteroatoms. The first-order valence-electron chi connectivity index (χ1n) is 6.15. The maximum absolute atomic E-state index is 13.9. The number of hydrogen-bond acceptors (Lipinski definition) is 3. The molecule has 0 bridgehead atoms. The van der Waals surface area contributed by atoms with Gasteiger partial charge in [0.05, 0.1) is 27.5 Å². The van der Waals surface area contributed by atoms with E-state index in [2.05, 4.69) is 9.97 Å². The molecule has 0 aliphatic carbocycles. The zero-order valence-electron chi connectivity index (χ0n) is 11.0. The number of hydrogen-bond donors (Lipinski definition) is 3. The van der Waals surface area contributed by atoms with E-state index in [4.69, 9.17) is 17.4 Å². The van der Waals surface area contributed by atoms with E-state index in [0.29, 0.717) is 10.7 Å². The number of aromatic amines is 1. The summed E-state index contributed by atoms with van der Waals surface area (Å²) < 4.78 is 27.4. The molecule has 22 heavy (non-hydrogen) atoms. The van der Waals surface area contributed by atoms with Crippen LogP contribution in [-0.4, -0.2) is 15.9 Å². The lowest BCUT2D eigenvalue weighted by atomic mass is 10.1. The molecule has 0 aliphatic heterocycles. The van der Waals surface area contributed by atoms with E-state index < -0.39 is 17.5 Å². The lowest BCUT2D eigenvalue weighted by molar-refractivity contribution is 0.0956. The highest BCUT2D eigenvalue weighted by molar-refractivity contribution is 6.30. The quantitative estimate of drug-likeness (QED) is 0.385. The number of H-pyrrole nitrogens is 1. The van der Waals surface area contributed by atoms with Crippen molar-refractivity contribution in [2.24, 2.45) is 5.84 Å². The number of fused-ring (bicyclic) bond motifs is 1. The predicted octanol–water partition coefficient (Wildman–Crippen LogP) is 2.77. The molecular formula is C14H9ClF2N4O. The number of rotatable bonds is 2. The number of halogens is 3. The summed E-state index contributed by atoms with van der Waals surface area (Å²) in [7, 11) is 0. The number of pyridine rings is 1. The van der Waals surface area contributed by atoms with Gasteiger partial charge in [0.15, 0.2) is 0 Å². The molecule has 0 unspecified atom stereocenters. The maximum atomic E-state index is 13.9. The van der Waals surface area contributed by atoms with E-state index in [1.54, 1.807) is 12.1 Å². The summed E-state index contributed by atoms with van der Waals surface area (Å²) >= 11 is 5.77. The number of aromatic nitrogens is 2. The predicted molar refractivity (Wildman–Crippen MR) is 78.1 cm³/mol. The van der Waals surface area contributed by atoms with Crippen molar-refractivity contribution in [2.45, 2.75) is 0 Å². The number of hydrazine groups is 1. The van der Waals surface area contributed by atoms with Gasteiger partial charge in [-0.15, -0.1) is 0 Å². The zero-order chi connectivity index (χ0) is 15.9. The molecule has 0 saturated heterocycles. The van der Waals surface area contributed by atoms with Crippen LogP contribution in [0.15, 0.2) is 30.5 Å². The molecule has 0 radical (unpaired) electrons. The Labute approximate surface area is 128 Å². The number of nitrogens with one attached hydrogen (secondary N) is 2. The molecule has 0 fully saturated rings. The third-order valence-corrected chi connectivity index (χ3v) is 3.39. The first-order valence-corrected chi connectivity index (χ1v) is 6.52. The highest BCUT2D eigenvalue weighted by atomic mass is 35.5. The number of carbonyl (C=O) groups is 1. The summed E-state index contributed by atoms with van der Waals surface area (Å²) in [6.07, 6.45) is 1.38. The van der Waals surface area contributed by atoms with Crippen molar-refractivity contribution >= 4 is 28.4 Å².